The first-order valence-electron chi connectivity index (χ1n) is 9.25. The molecular weight excluding hydrogens is 320 g/mol. The molecule has 3 aromatic rings. The Balaban J connectivity index is 2.06. The summed E-state index contributed by atoms with van der Waals surface area (Å²) in [5.74, 6) is 0.583. The van der Waals surface area contributed by atoms with Gasteiger partial charge in [0.05, 0.1) is 5.52 Å². The van der Waals surface area contributed by atoms with E-state index in [9.17, 15) is 4.79 Å². The van der Waals surface area contributed by atoms with Crippen molar-refractivity contribution < 1.29 is 0 Å². The van der Waals surface area contributed by atoms with E-state index in [0.717, 1.165) is 34.3 Å². The lowest BCUT2D eigenvalue weighted by Gasteiger charge is -2.17. The molecule has 0 aliphatic heterocycles. The standard InChI is InChI=1S/C23H24N2O/c1-4-15-13-17(8-9-21(15)24)19-10-11-25-22(18(19)5-2)20(16-6-7-16)12-14(3)23(25)26/h4,8-13,16H,1,5-7,24H2,2-3H3. The maximum Gasteiger partial charge on any atom is 0.258 e. The Morgan fingerprint density at radius 3 is 2.69 bits per heavy atom. The average molecular weight is 344 g/mol. The summed E-state index contributed by atoms with van der Waals surface area (Å²) in [6.45, 7) is 7.93. The van der Waals surface area contributed by atoms with Crippen molar-refractivity contribution in [1.82, 2.24) is 4.40 Å². The van der Waals surface area contributed by atoms with E-state index in [2.05, 4.69) is 37.8 Å². The summed E-state index contributed by atoms with van der Waals surface area (Å²) in [5, 5.41) is 0. The predicted molar refractivity (Wildman–Crippen MR) is 110 cm³/mol. The van der Waals surface area contributed by atoms with Crippen LogP contribution in [-0.2, 0) is 6.42 Å². The highest BCUT2D eigenvalue weighted by atomic mass is 16.1. The molecule has 1 aliphatic carbocycles. The van der Waals surface area contributed by atoms with Crippen molar-refractivity contribution in [1.29, 1.82) is 0 Å². The number of hydrogen-bond donors (Lipinski definition) is 1. The number of nitrogens with two attached hydrogens (primary N) is 1. The van der Waals surface area contributed by atoms with Gasteiger partial charge in [-0.1, -0.05) is 25.6 Å². The third-order valence-corrected chi connectivity index (χ3v) is 5.43. The largest absolute Gasteiger partial charge is 0.398 e. The number of rotatable bonds is 4. The summed E-state index contributed by atoms with van der Waals surface area (Å²) in [4.78, 5) is 12.7. The second-order valence-electron chi connectivity index (χ2n) is 7.19. The molecule has 0 saturated heterocycles. The van der Waals surface area contributed by atoms with Gasteiger partial charge in [-0.3, -0.25) is 9.20 Å². The monoisotopic (exact) mass is 344 g/mol. The molecule has 2 aromatic heterocycles. The van der Waals surface area contributed by atoms with Crippen molar-refractivity contribution in [3.63, 3.8) is 0 Å². The molecule has 1 fully saturated rings. The second-order valence-corrected chi connectivity index (χ2v) is 7.19. The molecule has 0 atom stereocenters. The van der Waals surface area contributed by atoms with Gasteiger partial charge >= 0.3 is 0 Å². The zero-order chi connectivity index (χ0) is 18.4. The molecule has 3 nitrogen and oxygen atoms in total. The molecule has 0 unspecified atom stereocenters. The fourth-order valence-corrected chi connectivity index (χ4v) is 3.89. The van der Waals surface area contributed by atoms with Gasteiger partial charge in [-0.2, -0.15) is 0 Å². The highest BCUT2D eigenvalue weighted by Crippen LogP contribution is 2.43. The van der Waals surface area contributed by atoms with Gasteiger partial charge < -0.3 is 5.73 Å². The average Bonchev–Trinajstić information content (AvgIpc) is 3.49. The lowest BCUT2D eigenvalue weighted by molar-refractivity contribution is 0.990. The zero-order valence-corrected chi connectivity index (χ0v) is 15.4. The van der Waals surface area contributed by atoms with E-state index in [1.54, 1.807) is 6.08 Å². The van der Waals surface area contributed by atoms with Crippen LogP contribution in [0.15, 0.2) is 47.9 Å². The van der Waals surface area contributed by atoms with Gasteiger partial charge in [0.2, 0.25) is 0 Å². The molecule has 4 rings (SSSR count). The minimum atomic E-state index is 0.0785. The molecule has 1 aliphatic rings. The number of benzene rings is 1. The summed E-state index contributed by atoms with van der Waals surface area (Å²) < 4.78 is 1.84. The Bertz CT molecular complexity index is 1090. The first kappa shape index (κ1) is 16.6. The van der Waals surface area contributed by atoms with Gasteiger partial charge in [-0.05, 0) is 84.2 Å². The van der Waals surface area contributed by atoms with Crippen LogP contribution < -0.4 is 11.3 Å². The minimum Gasteiger partial charge on any atom is -0.398 e. The number of anilines is 1. The van der Waals surface area contributed by atoms with E-state index in [-0.39, 0.29) is 5.56 Å². The molecule has 3 heteroatoms. The molecule has 132 valence electrons. The van der Waals surface area contributed by atoms with Crippen molar-refractivity contribution in [3.05, 3.63) is 75.7 Å². The van der Waals surface area contributed by atoms with Gasteiger partial charge in [-0.15, -0.1) is 0 Å². The Kier molecular flexibility index (Phi) is 3.95. The van der Waals surface area contributed by atoms with Crippen LogP contribution in [0, 0.1) is 6.92 Å². The molecule has 26 heavy (non-hydrogen) atoms. The second kappa shape index (κ2) is 6.17. The number of aromatic nitrogens is 1. The first-order chi connectivity index (χ1) is 12.5. The number of nitrogen functional groups attached to an aromatic ring is 1. The Morgan fingerprint density at radius 2 is 2.04 bits per heavy atom. The van der Waals surface area contributed by atoms with Crippen LogP contribution in [0.25, 0.3) is 22.7 Å². The molecule has 2 heterocycles. The van der Waals surface area contributed by atoms with E-state index < -0.39 is 0 Å². The molecule has 1 aromatic carbocycles. The van der Waals surface area contributed by atoms with Gasteiger partial charge in [0.25, 0.3) is 5.56 Å². The maximum absolute atomic E-state index is 12.7. The van der Waals surface area contributed by atoms with E-state index in [1.807, 2.05) is 23.6 Å². The topological polar surface area (TPSA) is 47.5 Å². The van der Waals surface area contributed by atoms with Crippen LogP contribution in [0.1, 0.15) is 47.9 Å². The van der Waals surface area contributed by atoms with Crippen LogP contribution in [0.4, 0.5) is 5.69 Å². The lowest BCUT2D eigenvalue weighted by atomic mass is 9.93. The SMILES string of the molecule is C=Cc1cc(-c2ccn3c(=O)c(C)cc(C4CC4)c3c2CC)ccc1N. The third-order valence-electron chi connectivity index (χ3n) is 5.43. The summed E-state index contributed by atoms with van der Waals surface area (Å²) in [6.07, 6.45) is 7.01. The van der Waals surface area contributed by atoms with E-state index in [4.69, 9.17) is 5.73 Å². The van der Waals surface area contributed by atoms with E-state index >= 15 is 0 Å². The van der Waals surface area contributed by atoms with Crippen molar-refractivity contribution >= 4 is 17.3 Å². The smallest absolute Gasteiger partial charge is 0.258 e. The number of aryl methyl sites for hydroxylation is 2. The predicted octanol–water partition coefficient (Wildman–Crippen LogP) is 4.94. The normalized spacial score (nSPS) is 13.9. The highest BCUT2D eigenvalue weighted by Gasteiger charge is 2.28. The van der Waals surface area contributed by atoms with Crippen LogP contribution in [0.5, 0.6) is 0 Å². The van der Waals surface area contributed by atoms with Crippen molar-refractivity contribution in [2.24, 2.45) is 0 Å². The first-order valence-corrected chi connectivity index (χ1v) is 9.25. The van der Waals surface area contributed by atoms with Gasteiger partial charge in [0.15, 0.2) is 0 Å². The van der Waals surface area contributed by atoms with Gasteiger partial charge in [0, 0.05) is 17.4 Å². The summed E-state index contributed by atoms with van der Waals surface area (Å²) >= 11 is 0. The molecule has 1 saturated carbocycles. The van der Waals surface area contributed by atoms with Crippen molar-refractivity contribution in [2.45, 2.75) is 39.0 Å². The van der Waals surface area contributed by atoms with Crippen molar-refractivity contribution in [3.8, 4) is 11.1 Å². The Labute approximate surface area is 153 Å². The third kappa shape index (κ3) is 2.55. The number of hydrogen-bond acceptors (Lipinski definition) is 2. The summed E-state index contributed by atoms with van der Waals surface area (Å²) in [6, 6.07) is 10.2. The lowest BCUT2D eigenvalue weighted by Crippen LogP contribution is -2.18. The Morgan fingerprint density at radius 1 is 1.27 bits per heavy atom. The van der Waals surface area contributed by atoms with Gasteiger partial charge in [-0.25, -0.2) is 0 Å². The van der Waals surface area contributed by atoms with Crippen LogP contribution in [0.3, 0.4) is 0 Å². The quantitative estimate of drug-likeness (QED) is 0.682. The maximum atomic E-state index is 12.7. The fourth-order valence-electron chi connectivity index (χ4n) is 3.89. The molecule has 2 N–H and O–H groups in total. The molecular formula is C23H24N2O. The zero-order valence-electron chi connectivity index (χ0n) is 15.4. The number of nitrogens with zero attached hydrogens (tertiary/aromatic N) is 1. The van der Waals surface area contributed by atoms with Gasteiger partial charge in [0.1, 0.15) is 0 Å². The molecule has 0 radical (unpaired) electrons. The molecule has 0 spiro atoms. The molecule has 0 bridgehead atoms. The van der Waals surface area contributed by atoms with Crippen LogP contribution in [0.2, 0.25) is 0 Å². The summed E-state index contributed by atoms with van der Waals surface area (Å²) in [7, 11) is 0. The minimum absolute atomic E-state index is 0.0785. The van der Waals surface area contributed by atoms with Crippen LogP contribution in [-0.4, -0.2) is 4.40 Å². The summed E-state index contributed by atoms with van der Waals surface area (Å²) in [5.41, 5.74) is 14.5. The fraction of sp³-hybridized carbons (Fsp3) is 0.261. The number of pyridine rings is 2. The number of fused-ring (bicyclic) bond motifs is 1. The van der Waals surface area contributed by atoms with Crippen molar-refractivity contribution in [2.75, 3.05) is 5.73 Å². The highest BCUT2D eigenvalue weighted by molar-refractivity contribution is 5.81. The van der Waals surface area contributed by atoms with Crippen LogP contribution >= 0.6 is 0 Å². The molecule has 0 amide bonds. The Hall–Kier alpha value is -2.81. The van der Waals surface area contributed by atoms with E-state index in [1.165, 1.54) is 29.5 Å². The van der Waals surface area contributed by atoms with E-state index in [0.29, 0.717) is 5.92 Å².